The number of carbonyl (C=O) groups is 1. The van der Waals surface area contributed by atoms with Gasteiger partial charge in [0.15, 0.2) is 5.82 Å². The predicted octanol–water partition coefficient (Wildman–Crippen LogP) is 5.93. The molecule has 7 heteroatoms. The number of aromatic nitrogens is 3. The number of aromatic hydroxyl groups is 1. The predicted molar refractivity (Wildman–Crippen MR) is 145 cm³/mol. The Morgan fingerprint density at radius 1 is 1.06 bits per heavy atom. The maximum absolute atomic E-state index is 13.3. The molecule has 0 saturated carbocycles. The molecule has 0 aliphatic carbocycles. The van der Waals surface area contributed by atoms with E-state index in [1.165, 1.54) is 6.42 Å². The van der Waals surface area contributed by atoms with Crippen molar-refractivity contribution in [3.05, 3.63) is 29.1 Å². The van der Waals surface area contributed by atoms with Gasteiger partial charge >= 0.3 is 0 Å². The van der Waals surface area contributed by atoms with Crippen LogP contribution in [0.1, 0.15) is 103 Å². The summed E-state index contributed by atoms with van der Waals surface area (Å²) in [7, 11) is 0. The average Bonchev–Trinajstić information content (AvgIpc) is 3.24. The van der Waals surface area contributed by atoms with Crippen molar-refractivity contribution in [2.24, 2.45) is 5.92 Å². The molecule has 1 fully saturated rings. The molecule has 1 aromatic carbocycles. The van der Waals surface area contributed by atoms with Crippen LogP contribution >= 0.6 is 0 Å². The zero-order valence-electron chi connectivity index (χ0n) is 23.6. The summed E-state index contributed by atoms with van der Waals surface area (Å²) in [5, 5.41) is 16.0. The first-order valence-electron chi connectivity index (χ1n) is 13.6. The van der Waals surface area contributed by atoms with Crippen LogP contribution < -0.4 is 0 Å². The Hall–Kier alpha value is -2.41. The van der Waals surface area contributed by atoms with Gasteiger partial charge in [-0.25, -0.2) is 9.67 Å². The molecule has 3 rings (SSSR count). The van der Waals surface area contributed by atoms with E-state index in [0.29, 0.717) is 50.3 Å². The molecule has 1 amide bonds. The largest absolute Gasteiger partial charge is 0.507 e. The Bertz CT molecular complexity index is 1000. The molecule has 200 valence electrons. The highest BCUT2D eigenvalue weighted by Gasteiger charge is 2.30. The molecule has 1 unspecified atom stereocenters. The monoisotopic (exact) mass is 498 g/mol. The summed E-state index contributed by atoms with van der Waals surface area (Å²) in [4.78, 5) is 19.9. The lowest BCUT2D eigenvalue weighted by Crippen LogP contribution is -2.41. The van der Waals surface area contributed by atoms with Gasteiger partial charge in [-0.05, 0) is 35.3 Å². The topological polar surface area (TPSA) is 80.5 Å². The smallest absolute Gasteiger partial charge is 0.293 e. The number of hydrogen-bond donors (Lipinski definition) is 1. The van der Waals surface area contributed by atoms with Gasteiger partial charge in [0, 0.05) is 36.3 Å². The SMILES string of the molecule is CCCCC(CC)Cn1nc(C(=O)N2CCOCC2)nc1-c1cc(C(C)(C)C)c(O)c(C(C)(C)C)c1. The van der Waals surface area contributed by atoms with Crippen LogP contribution in [0, 0.1) is 5.92 Å². The summed E-state index contributed by atoms with van der Waals surface area (Å²) in [5.74, 6) is 1.57. The lowest BCUT2D eigenvalue weighted by atomic mass is 9.78. The number of unbranched alkanes of at least 4 members (excludes halogenated alkanes) is 1. The van der Waals surface area contributed by atoms with Crippen molar-refractivity contribution in [3.63, 3.8) is 0 Å². The molecule has 1 aliphatic heterocycles. The third-order valence-electron chi connectivity index (χ3n) is 7.12. The highest BCUT2D eigenvalue weighted by molar-refractivity contribution is 5.91. The fourth-order valence-electron chi connectivity index (χ4n) is 4.75. The van der Waals surface area contributed by atoms with Crippen molar-refractivity contribution in [2.45, 2.75) is 98.4 Å². The lowest BCUT2D eigenvalue weighted by molar-refractivity contribution is 0.0294. The van der Waals surface area contributed by atoms with Crippen LogP contribution in [0.2, 0.25) is 0 Å². The second kappa shape index (κ2) is 11.3. The van der Waals surface area contributed by atoms with Gasteiger partial charge in [0.25, 0.3) is 5.91 Å². The van der Waals surface area contributed by atoms with Crippen LogP contribution in [0.5, 0.6) is 5.75 Å². The molecule has 1 aromatic heterocycles. The number of amides is 1. The van der Waals surface area contributed by atoms with E-state index in [4.69, 9.17) is 14.8 Å². The molecule has 0 spiro atoms. The zero-order valence-corrected chi connectivity index (χ0v) is 23.6. The molecule has 0 radical (unpaired) electrons. The van der Waals surface area contributed by atoms with E-state index in [9.17, 15) is 9.90 Å². The molecule has 36 heavy (non-hydrogen) atoms. The first kappa shape index (κ1) is 28.2. The second-order valence-electron chi connectivity index (χ2n) is 12.2. The van der Waals surface area contributed by atoms with Crippen LogP contribution in [0.25, 0.3) is 11.4 Å². The van der Waals surface area contributed by atoms with Gasteiger partial charge < -0.3 is 14.7 Å². The third-order valence-corrected chi connectivity index (χ3v) is 7.12. The van der Waals surface area contributed by atoms with Crippen molar-refractivity contribution in [3.8, 4) is 17.1 Å². The van der Waals surface area contributed by atoms with Crippen LogP contribution in [0.4, 0.5) is 0 Å². The Labute approximate surface area is 217 Å². The van der Waals surface area contributed by atoms with E-state index in [1.54, 1.807) is 4.90 Å². The van der Waals surface area contributed by atoms with Crippen LogP contribution in [-0.2, 0) is 22.1 Å². The van der Waals surface area contributed by atoms with E-state index in [2.05, 4.69) is 55.4 Å². The van der Waals surface area contributed by atoms with Gasteiger partial charge in [-0.1, -0.05) is 74.7 Å². The van der Waals surface area contributed by atoms with Crippen LogP contribution in [0.15, 0.2) is 12.1 Å². The molecular weight excluding hydrogens is 452 g/mol. The maximum atomic E-state index is 13.3. The van der Waals surface area contributed by atoms with Crippen molar-refractivity contribution in [2.75, 3.05) is 26.3 Å². The van der Waals surface area contributed by atoms with E-state index in [1.807, 2.05) is 16.8 Å². The maximum Gasteiger partial charge on any atom is 0.293 e. The van der Waals surface area contributed by atoms with Crippen LogP contribution in [0.3, 0.4) is 0 Å². The first-order valence-corrected chi connectivity index (χ1v) is 13.6. The minimum atomic E-state index is -0.259. The standard InChI is InChI=1S/C29H46N4O3/c1-9-11-12-20(10-2)19-33-26(30-25(31-33)27(35)32-13-15-36-16-14-32)21-17-22(28(3,4)5)24(34)23(18-21)29(6,7)8/h17-18,20,34H,9-16,19H2,1-8H3. The summed E-state index contributed by atoms with van der Waals surface area (Å²) in [6.45, 7) is 20.0. The summed E-state index contributed by atoms with van der Waals surface area (Å²) >= 11 is 0. The lowest BCUT2D eigenvalue weighted by Gasteiger charge is -2.28. The molecule has 7 nitrogen and oxygen atoms in total. The number of benzene rings is 1. The quantitative estimate of drug-likeness (QED) is 0.488. The van der Waals surface area contributed by atoms with Crippen LogP contribution in [-0.4, -0.2) is 57.0 Å². The molecule has 1 aliphatic rings. The number of ether oxygens (including phenoxy) is 1. The van der Waals surface area contributed by atoms with Crippen molar-refractivity contribution < 1.29 is 14.6 Å². The molecule has 2 aromatic rings. The Morgan fingerprint density at radius 3 is 2.14 bits per heavy atom. The number of morpholine rings is 1. The highest BCUT2D eigenvalue weighted by atomic mass is 16.5. The van der Waals surface area contributed by atoms with Crippen molar-refractivity contribution in [1.29, 1.82) is 0 Å². The summed E-state index contributed by atoms with van der Waals surface area (Å²) < 4.78 is 7.36. The average molecular weight is 499 g/mol. The number of phenols is 1. The van der Waals surface area contributed by atoms with Gasteiger partial charge in [-0.15, -0.1) is 5.10 Å². The summed E-state index contributed by atoms with van der Waals surface area (Å²) in [6, 6.07) is 4.06. The van der Waals surface area contributed by atoms with Gasteiger partial charge in [0.2, 0.25) is 5.82 Å². The zero-order chi connectivity index (χ0) is 26.7. The Morgan fingerprint density at radius 2 is 1.64 bits per heavy atom. The van der Waals surface area contributed by atoms with Gasteiger partial charge in [0.1, 0.15) is 5.75 Å². The molecule has 1 saturated heterocycles. The van der Waals surface area contributed by atoms with Gasteiger partial charge in [0.05, 0.1) is 13.2 Å². The van der Waals surface area contributed by atoms with Gasteiger partial charge in [-0.2, -0.15) is 0 Å². The number of rotatable bonds is 8. The number of hydrogen-bond acceptors (Lipinski definition) is 5. The number of carbonyl (C=O) groups excluding carboxylic acids is 1. The van der Waals surface area contributed by atoms with E-state index < -0.39 is 0 Å². The molecule has 1 N–H and O–H groups in total. The number of phenolic OH excluding ortho intramolecular Hbond substituents is 1. The molecule has 2 heterocycles. The fourth-order valence-corrected chi connectivity index (χ4v) is 4.75. The fraction of sp³-hybridized carbons (Fsp3) is 0.690. The van der Waals surface area contributed by atoms with Gasteiger partial charge in [-0.3, -0.25) is 4.79 Å². The van der Waals surface area contributed by atoms with Crippen molar-refractivity contribution in [1.82, 2.24) is 19.7 Å². The minimum Gasteiger partial charge on any atom is -0.507 e. The third kappa shape index (κ3) is 6.47. The Kier molecular flexibility index (Phi) is 8.86. The summed E-state index contributed by atoms with van der Waals surface area (Å²) in [6.07, 6.45) is 4.49. The molecule has 1 atom stereocenters. The molecule has 0 bridgehead atoms. The Balaban J connectivity index is 2.15. The highest BCUT2D eigenvalue weighted by Crippen LogP contribution is 2.42. The molecular formula is C29H46N4O3. The summed E-state index contributed by atoms with van der Waals surface area (Å²) in [5.41, 5.74) is 2.12. The minimum absolute atomic E-state index is 0.147. The van der Waals surface area contributed by atoms with E-state index >= 15 is 0 Å². The number of nitrogens with zero attached hydrogens (tertiary/aromatic N) is 4. The van der Waals surface area contributed by atoms with E-state index in [-0.39, 0.29) is 22.6 Å². The normalized spacial score (nSPS) is 15.8. The second-order valence-corrected chi connectivity index (χ2v) is 12.2. The van der Waals surface area contributed by atoms with E-state index in [0.717, 1.165) is 36.0 Å². The van der Waals surface area contributed by atoms with Crippen molar-refractivity contribution >= 4 is 5.91 Å². The first-order chi connectivity index (χ1) is 16.9.